The molecule has 0 saturated heterocycles. The molecule has 3 heteroatoms. The lowest BCUT2D eigenvalue weighted by Gasteiger charge is -2.09. The van der Waals surface area contributed by atoms with E-state index in [1.165, 1.54) is 6.07 Å². The van der Waals surface area contributed by atoms with Gasteiger partial charge in [-0.2, -0.15) is 0 Å². The fraction of sp³-hybridized carbons (Fsp3) is 0.176. The third-order valence-corrected chi connectivity index (χ3v) is 2.84. The van der Waals surface area contributed by atoms with Crippen molar-refractivity contribution in [1.29, 1.82) is 0 Å². The highest BCUT2D eigenvalue weighted by molar-refractivity contribution is 5.41. The minimum Gasteiger partial charge on any atom is -0.489 e. The Bertz CT molecular complexity index is 654. The number of aryl methyl sites for hydroxylation is 1. The number of ether oxygens (including phenoxy) is 1. The van der Waals surface area contributed by atoms with Crippen molar-refractivity contribution in [3.05, 3.63) is 65.0 Å². The van der Waals surface area contributed by atoms with Crippen molar-refractivity contribution < 1.29 is 14.2 Å². The van der Waals surface area contributed by atoms with Gasteiger partial charge >= 0.3 is 0 Å². The molecule has 0 fully saturated rings. The van der Waals surface area contributed by atoms with Gasteiger partial charge in [-0.1, -0.05) is 30.0 Å². The van der Waals surface area contributed by atoms with E-state index in [9.17, 15) is 4.39 Å². The summed E-state index contributed by atoms with van der Waals surface area (Å²) in [5.74, 6) is 5.88. The molecule has 0 amide bonds. The second-order valence-electron chi connectivity index (χ2n) is 4.32. The van der Waals surface area contributed by atoms with Gasteiger partial charge in [-0.15, -0.1) is 0 Å². The van der Waals surface area contributed by atoms with E-state index in [4.69, 9.17) is 9.84 Å². The first-order chi connectivity index (χ1) is 9.70. The molecule has 2 rings (SSSR count). The normalized spacial score (nSPS) is 9.75. The van der Waals surface area contributed by atoms with Crippen molar-refractivity contribution in [3.8, 4) is 17.6 Å². The van der Waals surface area contributed by atoms with Crippen LogP contribution < -0.4 is 4.74 Å². The Morgan fingerprint density at radius 3 is 2.75 bits per heavy atom. The second-order valence-corrected chi connectivity index (χ2v) is 4.32. The van der Waals surface area contributed by atoms with Crippen LogP contribution in [0.3, 0.4) is 0 Å². The molecule has 0 aliphatic heterocycles. The Labute approximate surface area is 117 Å². The van der Waals surface area contributed by atoms with Crippen molar-refractivity contribution in [2.24, 2.45) is 0 Å². The van der Waals surface area contributed by atoms with Crippen molar-refractivity contribution in [2.75, 3.05) is 6.61 Å². The lowest BCUT2D eigenvalue weighted by atomic mass is 10.1. The summed E-state index contributed by atoms with van der Waals surface area (Å²) in [4.78, 5) is 0. The van der Waals surface area contributed by atoms with E-state index in [0.717, 1.165) is 11.1 Å². The van der Waals surface area contributed by atoms with E-state index in [2.05, 4.69) is 11.8 Å². The zero-order chi connectivity index (χ0) is 14.4. The number of aliphatic hydroxyl groups excluding tert-OH is 1. The summed E-state index contributed by atoms with van der Waals surface area (Å²) in [7, 11) is 0. The van der Waals surface area contributed by atoms with Gasteiger partial charge in [0.2, 0.25) is 0 Å². The van der Waals surface area contributed by atoms with Crippen LogP contribution in [0, 0.1) is 24.6 Å². The number of hydrogen-bond acceptors (Lipinski definition) is 2. The van der Waals surface area contributed by atoms with Crippen LogP contribution in [0.25, 0.3) is 0 Å². The van der Waals surface area contributed by atoms with E-state index in [1.807, 2.05) is 24.3 Å². The molecule has 0 unspecified atom stereocenters. The largest absolute Gasteiger partial charge is 0.489 e. The van der Waals surface area contributed by atoms with Crippen molar-refractivity contribution in [3.63, 3.8) is 0 Å². The molecule has 0 bridgehead atoms. The first-order valence-electron chi connectivity index (χ1n) is 6.27. The Kier molecular flexibility index (Phi) is 4.75. The molecule has 2 aromatic rings. The van der Waals surface area contributed by atoms with Crippen LogP contribution in [0.2, 0.25) is 0 Å². The number of aliphatic hydroxyl groups is 1. The van der Waals surface area contributed by atoms with E-state index < -0.39 is 0 Å². The molecule has 0 aliphatic carbocycles. The van der Waals surface area contributed by atoms with E-state index >= 15 is 0 Å². The Balaban J connectivity index is 2.12. The monoisotopic (exact) mass is 270 g/mol. The minimum absolute atomic E-state index is 0.174. The first-order valence-corrected chi connectivity index (χ1v) is 6.27. The Morgan fingerprint density at radius 2 is 2.00 bits per heavy atom. The van der Waals surface area contributed by atoms with Crippen LogP contribution in [0.15, 0.2) is 42.5 Å². The molecule has 2 nitrogen and oxygen atoms in total. The molecular formula is C17H15FO2. The summed E-state index contributed by atoms with van der Waals surface area (Å²) in [5, 5.41) is 8.74. The number of halogens is 1. The Hall–Kier alpha value is -2.31. The summed E-state index contributed by atoms with van der Waals surface area (Å²) in [6, 6.07) is 12.2. The van der Waals surface area contributed by atoms with Gasteiger partial charge in [-0.3, -0.25) is 0 Å². The SMILES string of the molecule is Cc1cc(OCc2ccccc2C#CCO)ccc1F. The Morgan fingerprint density at radius 1 is 1.20 bits per heavy atom. The van der Waals surface area contributed by atoms with Gasteiger partial charge in [-0.25, -0.2) is 4.39 Å². The molecule has 1 N–H and O–H groups in total. The van der Waals surface area contributed by atoms with Gasteiger partial charge in [0, 0.05) is 11.1 Å². The molecule has 0 radical (unpaired) electrons. The molecule has 0 heterocycles. The highest BCUT2D eigenvalue weighted by Crippen LogP contribution is 2.18. The van der Waals surface area contributed by atoms with Crippen LogP contribution in [0.5, 0.6) is 5.75 Å². The molecule has 0 atom stereocenters. The molecule has 20 heavy (non-hydrogen) atoms. The van der Waals surface area contributed by atoms with E-state index in [-0.39, 0.29) is 12.4 Å². The molecular weight excluding hydrogens is 255 g/mol. The third-order valence-electron chi connectivity index (χ3n) is 2.84. The maximum absolute atomic E-state index is 13.2. The van der Waals surface area contributed by atoms with Gasteiger partial charge in [0.05, 0.1) is 0 Å². The van der Waals surface area contributed by atoms with Crippen LogP contribution in [0.4, 0.5) is 4.39 Å². The predicted octanol–water partition coefficient (Wildman–Crippen LogP) is 3.06. The number of rotatable bonds is 3. The van der Waals surface area contributed by atoms with Gasteiger partial charge in [-0.05, 0) is 36.8 Å². The van der Waals surface area contributed by atoms with Crippen LogP contribution in [0.1, 0.15) is 16.7 Å². The molecule has 0 aliphatic rings. The minimum atomic E-state index is -0.244. The summed E-state index contributed by atoms with van der Waals surface area (Å²) in [6.07, 6.45) is 0. The fourth-order valence-electron chi connectivity index (χ4n) is 1.77. The van der Waals surface area contributed by atoms with E-state index in [0.29, 0.717) is 17.9 Å². The molecule has 2 aromatic carbocycles. The quantitative estimate of drug-likeness (QED) is 0.869. The molecule has 0 aromatic heterocycles. The van der Waals surface area contributed by atoms with Gasteiger partial charge in [0.15, 0.2) is 0 Å². The van der Waals surface area contributed by atoms with Gasteiger partial charge < -0.3 is 9.84 Å². The molecule has 102 valence electrons. The van der Waals surface area contributed by atoms with Crippen molar-refractivity contribution in [2.45, 2.75) is 13.5 Å². The summed E-state index contributed by atoms with van der Waals surface area (Å²) >= 11 is 0. The lowest BCUT2D eigenvalue weighted by Crippen LogP contribution is -1.99. The average Bonchev–Trinajstić information content (AvgIpc) is 2.47. The lowest BCUT2D eigenvalue weighted by molar-refractivity contribution is 0.305. The maximum Gasteiger partial charge on any atom is 0.126 e. The zero-order valence-corrected chi connectivity index (χ0v) is 11.2. The smallest absolute Gasteiger partial charge is 0.126 e. The first kappa shape index (κ1) is 14.1. The van der Waals surface area contributed by atoms with Crippen LogP contribution in [-0.2, 0) is 6.61 Å². The van der Waals surface area contributed by atoms with Gasteiger partial charge in [0.1, 0.15) is 24.8 Å². The van der Waals surface area contributed by atoms with Crippen molar-refractivity contribution >= 4 is 0 Å². The topological polar surface area (TPSA) is 29.5 Å². The zero-order valence-electron chi connectivity index (χ0n) is 11.2. The highest BCUT2D eigenvalue weighted by Gasteiger charge is 2.03. The van der Waals surface area contributed by atoms with Gasteiger partial charge in [0.25, 0.3) is 0 Å². The number of benzene rings is 2. The molecule has 0 saturated carbocycles. The van der Waals surface area contributed by atoms with Crippen molar-refractivity contribution in [1.82, 2.24) is 0 Å². The predicted molar refractivity (Wildman–Crippen MR) is 75.9 cm³/mol. The summed E-state index contributed by atoms with van der Waals surface area (Å²) in [5.41, 5.74) is 2.30. The second kappa shape index (κ2) is 6.74. The molecule has 0 spiro atoms. The number of hydrogen-bond donors (Lipinski definition) is 1. The fourth-order valence-corrected chi connectivity index (χ4v) is 1.77. The average molecular weight is 270 g/mol. The van der Waals surface area contributed by atoms with Crippen LogP contribution in [-0.4, -0.2) is 11.7 Å². The summed E-state index contributed by atoms with van der Waals surface area (Å²) < 4.78 is 18.8. The van der Waals surface area contributed by atoms with Crippen LogP contribution >= 0.6 is 0 Å². The summed E-state index contributed by atoms with van der Waals surface area (Å²) in [6.45, 7) is 1.87. The highest BCUT2D eigenvalue weighted by atomic mass is 19.1. The standard InChI is InChI=1S/C17H15FO2/c1-13-11-16(8-9-17(13)18)20-12-15-6-3-2-5-14(15)7-4-10-19/h2-3,5-6,8-9,11,19H,10,12H2,1H3. The maximum atomic E-state index is 13.2. The third kappa shape index (κ3) is 3.59. The van der Waals surface area contributed by atoms with E-state index in [1.54, 1.807) is 19.1 Å².